The zero-order valence-corrected chi connectivity index (χ0v) is 20.8. The van der Waals surface area contributed by atoms with Crippen molar-refractivity contribution >= 4 is 23.4 Å². The normalized spacial score (nSPS) is 16.4. The van der Waals surface area contributed by atoms with Crippen LogP contribution < -0.4 is 4.74 Å². The topological polar surface area (TPSA) is 83.0 Å². The average Bonchev–Trinajstić information content (AvgIpc) is 2.85. The second kappa shape index (κ2) is 11.5. The number of piperidine rings is 1. The minimum atomic E-state index is -5.14. The monoisotopic (exact) mass is 527 g/mol. The summed E-state index contributed by atoms with van der Waals surface area (Å²) in [6.07, 6.45) is -2.66. The number of alkyl halides is 3. The molecule has 1 atom stereocenters. The van der Waals surface area contributed by atoms with E-state index < -0.39 is 23.2 Å². The maximum absolute atomic E-state index is 13.8. The zero-order chi connectivity index (χ0) is 26.5. The molecule has 1 N–H and O–H groups in total. The van der Waals surface area contributed by atoms with Crippen LogP contribution in [-0.4, -0.2) is 71.7 Å². The van der Waals surface area contributed by atoms with E-state index in [1.807, 2.05) is 0 Å². The number of likely N-dealkylation sites (tertiary alicyclic amines) is 1. The van der Waals surface area contributed by atoms with Crippen LogP contribution in [-0.2, 0) is 10.4 Å². The first-order chi connectivity index (χ1) is 16.9. The number of benzene rings is 1. The Morgan fingerprint density at radius 1 is 1.14 bits per heavy atom. The lowest BCUT2D eigenvalue weighted by Crippen LogP contribution is -2.57. The van der Waals surface area contributed by atoms with E-state index in [4.69, 9.17) is 16.3 Å². The second-order valence-corrected chi connectivity index (χ2v) is 9.35. The highest BCUT2D eigenvalue weighted by Crippen LogP contribution is 2.41. The third kappa shape index (κ3) is 6.10. The number of amides is 2. The Bertz CT molecular complexity index is 1060. The van der Waals surface area contributed by atoms with Gasteiger partial charge in [-0.05, 0) is 37.7 Å². The van der Waals surface area contributed by atoms with Crippen molar-refractivity contribution in [3.63, 3.8) is 0 Å². The molecular formula is C25H29ClF3N3O4. The van der Waals surface area contributed by atoms with E-state index >= 15 is 0 Å². The molecule has 7 nitrogen and oxygen atoms in total. The van der Waals surface area contributed by atoms with Gasteiger partial charge in [-0.1, -0.05) is 41.9 Å². The summed E-state index contributed by atoms with van der Waals surface area (Å²) in [5, 5.41) is 10.6. The zero-order valence-electron chi connectivity index (χ0n) is 20.1. The number of nitrogens with zero attached hydrogens (tertiary/aromatic N) is 3. The van der Waals surface area contributed by atoms with Crippen molar-refractivity contribution in [2.45, 2.75) is 37.5 Å². The Morgan fingerprint density at radius 3 is 2.33 bits per heavy atom. The number of aromatic nitrogens is 1. The predicted molar refractivity (Wildman–Crippen MR) is 128 cm³/mol. The van der Waals surface area contributed by atoms with Crippen LogP contribution in [0.4, 0.5) is 13.2 Å². The van der Waals surface area contributed by atoms with Gasteiger partial charge in [-0.15, -0.1) is 0 Å². The summed E-state index contributed by atoms with van der Waals surface area (Å²) in [4.78, 5) is 31.4. The molecular weight excluding hydrogens is 499 g/mol. The number of ether oxygens (including phenoxy) is 1. The van der Waals surface area contributed by atoms with Crippen LogP contribution in [0.1, 0.15) is 41.6 Å². The number of carbonyl (C=O) groups is 2. The highest BCUT2D eigenvalue weighted by atomic mass is 35.5. The summed E-state index contributed by atoms with van der Waals surface area (Å²) >= 11 is 6.08. The van der Waals surface area contributed by atoms with Crippen LogP contribution in [0.3, 0.4) is 0 Å². The molecule has 0 bridgehead atoms. The molecule has 0 aliphatic carbocycles. The van der Waals surface area contributed by atoms with Crippen LogP contribution in [0, 0.1) is 5.92 Å². The first-order valence-corrected chi connectivity index (χ1v) is 12.0. The van der Waals surface area contributed by atoms with Crippen molar-refractivity contribution in [3.05, 3.63) is 58.7 Å². The molecule has 2 aromatic rings. The van der Waals surface area contributed by atoms with Crippen LogP contribution in [0.5, 0.6) is 5.88 Å². The van der Waals surface area contributed by atoms with E-state index in [2.05, 4.69) is 4.98 Å². The molecule has 36 heavy (non-hydrogen) atoms. The van der Waals surface area contributed by atoms with E-state index in [9.17, 15) is 27.9 Å². The minimum Gasteiger partial charge on any atom is -0.478 e. The molecule has 11 heteroatoms. The maximum atomic E-state index is 13.8. The van der Waals surface area contributed by atoms with Gasteiger partial charge in [-0.3, -0.25) is 9.59 Å². The molecule has 1 aromatic carbocycles. The number of rotatable bonds is 8. The Morgan fingerprint density at radius 2 is 1.78 bits per heavy atom. The van der Waals surface area contributed by atoms with Gasteiger partial charge in [0.15, 0.2) is 0 Å². The van der Waals surface area contributed by atoms with Crippen molar-refractivity contribution in [2.24, 2.45) is 5.92 Å². The van der Waals surface area contributed by atoms with Gasteiger partial charge in [0, 0.05) is 38.8 Å². The second-order valence-electron chi connectivity index (χ2n) is 8.99. The lowest BCUT2D eigenvalue weighted by molar-refractivity contribution is -0.262. The van der Waals surface area contributed by atoms with Crippen molar-refractivity contribution in [1.29, 1.82) is 0 Å². The molecule has 1 aromatic heterocycles. The Balaban J connectivity index is 1.49. The van der Waals surface area contributed by atoms with Gasteiger partial charge >= 0.3 is 6.18 Å². The van der Waals surface area contributed by atoms with Gasteiger partial charge in [0.1, 0.15) is 5.15 Å². The Kier molecular flexibility index (Phi) is 8.84. The van der Waals surface area contributed by atoms with Crippen molar-refractivity contribution in [3.8, 4) is 5.88 Å². The van der Waals surface area contributed by atoms with Crippen molar-refractivity contribution in [1.82, 2.24) is 14.8 Å². The summed E-state index contributed by atoms with van der Waals surface area (Å²) in [5.74, 6) is -1.10. The van der Waals surface area contributed by atoms with Crippen molar-refractivity contribution in [2.75, 3.05) is 33.8 Å². The molecule has 1 aliphatic heterocycles. The Hall–Kier alpha value is -2.85. The van der Waals surface area contributed by atoms with E-state index in [1.54, 1.807) is 26.2 Å². The average molecular weight is 528 g/mol. The number of halogens is 4. The third-order valence-electron chi connectivity index (χ3n) is 6.28. The lowest BCUT2D eigenvalue weighted by Gasteiger charge is -2.38. The molecule has 196 valence electrons. The van der Waals surface area contributed by atoms with Gasteiger partial charge in [0.25, 0.3) is 17.4 Å². The fourth-order valence-corrected chi connectivity index (χ4v) is 4.42. The largest absolute Gasteiger partial charge is 0.478 e. The molecule has 2 amide bonds. The first-order valence-electron chi connectivity index (χ1n) is 11.6. The molecule has 1 saturated heterocycles. The standard InChI is InChI=1S/C25H29ClF3N3O4/c1-31(2)22(33)19-10-11-20(30-21(19)26)36-16-6-7-17-12-14-32(15-13-17)23(34)24(35,25(27,28)29)18-8-4-3-5-9-18/h3-5,8-11,17,35H,6-7,12-16H2,1-2H3/t24-/m1/s1. The molecule has 3 rings (SSSR count). The van der Waals surface area contributed by atoms with Crippen LogP contribution in [0.2, 0.25) is 5.15 Å². The van der Waals surface area contributed by atoms with Crippen LogP contribution in [0.15, 0.2) is 42.5 Å². The van der Waals surface area contributed by atoms with Gasteiger partial charge in [-0.25, -0.2) is 4.98 Å². The summed E-state index contributed by atoms with van der Waals surface area (Å²) in [7, 11) is 3.23. The Labute approximate surface area is 212 Å². The SMILES string of the molecule is CN(C)C(=O)c1ccc(OCCCC2CCN(C(=O)[C@](O)(c3ccccc3)C(F)(F)F)CC2)nc1Cl. The molecule has 0 saturated carbocycles. The smallest absolute Gasteiger partial charge is 0.430 e. The molecule has 1 fully saturated rings. The lowest BCUT2D eigenvalue weighted by atomic mass is 9.88. The molecule has 2 heterocycles. The van der Waals surface area contributed by atoms with Crippen molar-refractivity contribution < 1.29 is 32.6 Å². The van der Waals surface area contributed by atoms with Gasteiger partial charge in [-0.2, -0.15) is 13.2 Å². The summed E-state index contributed by atoms with van der Waals surface area (Å²) in [6, 6.07) is 9.57. The van der Waals surface area contributed by atoms with Crippen LogP contribution >= 0.6 is 11.6 Å². The first kappa shape index (κ1) is 27.7. The predicted octanol–water partition coefficient (Wildman–Crippen LogP) is 4.28. The maximum Gasteiger partial charge on any atom is 0.430 e. The quantitative estimate of drug-likeness (QED) is 0.409. The van der Waals surface area contributed by atoms with E-state index in [0.29, 0.717) is 31.7 Å². The molecule has 0 spiro atoms. The summed E-state index contributed by atoms with van der Waals surface area (Å²) in [6.45, 7) is 0.619. The van der Waals surface area contributed by atoms with Gasteiger partial charge < -0.3 is 19.6 Å². The molecule has 0 unspecified atom stereocenters. The third-order valence-corrected chi connectivity index (χ3v) is 6.57. The molecule has 0 radical (unpaired) electrons. The minimum absolute atomic E-state index is 0.0533. The highest BCUT2D eigenvalue weighted by molar-refractivity contribution is 6.32. The van der Waals surface area contributed by atoms with E-state index in [-0.39, 0.29) is 35.6 Å². The number of hydrogen-bond acceptors (Lipinski definition) is 5. The van der Waals surface area contributed by atoms with Gasteiger partial charge in [0.2, 0.25) is 5.88 Å². The fraction of sp³-hybridized carbons (Fsp3) is 0.480. The van der Waals surface area contributed by atoms with Crippen LogP contribution in [0.25, 0.3) is 0 Å². The highest BCUT2D eigenvalue weighted by Gasteiger charge is 2.62. The van der Waals surface area contributed by atoms with E-state index in [1.165, 1.54) is 23.1 Å². The number of hydrogen-bond donors (Lipinski definition) is 1. The number of aliphatic hydroxyl groups is 1. The number of carbonyl (C=O) groups excluding carboxylic acids is 2. The van der Waals surface area contributed by atoms with E-state index in [0.717, 1.165) is 23.5 Å². The summed E-state index contributed by atoms with van der Waals surface area (Å²) in [5.41, 5.74) is -3.79. The molecule has 1 aliphatic rings. The number of pyridine rings is 1. The van der Waals surface area contributed by atoms with Gasteiger partial charge in [0.05, 0.1) is 12.2 Å². The summed E-state index contributed by atoms with van der Waals surface area (Å²) < 4.78 is 47.0. The fourth-order valence-electron chi connectivity index (χ4n) is 4.19.